The quantitative estimate of drug-likeness (QED) is 0.742. The molecule has 0 spiro atoms. The summed E-state index contributed by atoms with van der Waals surface area (Å²) >= 11 is 5.83. The molecule has 16 heavy (non-hydrogen) atoms. The van der Waals surface area contributed by atoms with Crippen LogP contribution >= 0.6 is 11.6 Å². The maximum absolute atomic E-state index is 11.4. The molecular formula is C12H16ClNO2. The van der Waals surface area contributed by atoms with Gasteiger partial charge in [-0.05, 0) is 39.2 Å². The van der Waals surface area contributed by atoms with Gasteiger partial charge in [0.25, 0.3) is 0 Å². The van der Waals surface area contributed by atoms with Crippen molar-refractivity contribution in [2.75, 3.05) is 27.2 Å². The lowest BCUT2D eigenvalue weighted by atomic mass is 10.1. The van der Waals surface area contributed by atoms with Crippen LogP contribution in [-0.2, 0) is 0 Å². The Morgan fingerprint density at radius 1 is 1.44 bits per heavy atom. The first-order chi connectivity index (χ1) is 7.50. The van der Waals surface area contributed by atoms with Gasteiger partial charge in [0, 0.05) is 11.6 Å². The molecule has 1 aromatic rings. The number of Topliss-reactive ketones (excluding diaryl/α,β-unsaturated/α-hetero) is 1. The third-order valence-corrected chi connectivity index (χ3v) is 2.35. The topological polar surface area (TPSA) is 29.5 Å². The first-order valence-corrected chi connectivity index (χ1v) is 5.46. The molecule has 0 fully saturated rings. The number of nitrogens with zero attached hydrogens (tertiary/aromatic N) is 1. The largest absolute Gasteiger partial charge is 0.491 e. The molecule has 0 saturated heterocycles. The zero-order valence-corrected chi connectivity index (χ0v) is 10.5. The SMILES string of the molecule is CC(=O)c1cc(Cl)ccc1OCCN(C)C. The summed E-state index contributed by atoms with van der Waals surface area (Å²) in [5.41, 5.74) is 0.534. The molecule has 0 heterocycles. The van der Waals surface area contributed by atoms with Crippen LogP contribution in [0.15, 0.2) is 18.2 Å². The van der Waals surface area contributed by atoms with Crippen LogP contribution in [0, 0.1) is 0 Å². The van der Waals surface area contributed by atoms with Crippen LogP contribution in [0.3, 0.4) is 0 Å². The minimum Gasteiger partial charge on any atom is -0.491 e. The second kappa shape index (κ2) is 5.87. The van der Waals surface area contributed by atoms with E-state index in [0.29, 0.717) is 22.9 Å². The monoisotopic (exact) mass is 241 g/mol. The summed E-state index contributed by atoms with van der Waals surface area (Å²) in [5, 5.41) is 0.546. The molecule has 0 amide bonds. The fourth-order valence-corrected chi connectivity index (χ4v) is 1.41. The van der Waals surface area contributed by atoms with Crippen molar-refractivity contribution in [2.45, 2.75) is 6.92 Å². The standard InChI is InChI=1S/C12H16ClNO2/c1-9(15)11-8-10(13)4-5-12(11)16-7-6-14(2)3/h4-5,8H,6-7H2,1-3H3. The maximum atomic E-state index is 11.4. The highest BCUT2D eigenvalue weighted by Gasteiger charge is 2.09. The molecule has 0 radical (unpaired) electrons. The van der Waals surface area contributed by atoms with E-state index >= 15 is 0 Å². The van der Waals surface area contributed by atoms with Gasteiger partial charge < -0.3 is 9.64 Å². The highest BCUT2D eigenvalue weighted by atomic mass is 35.5. The van der Waals surface area contributed by atoms with Gasteiger partial charge in [0.2, 0.25) is 0 Å². The van der Waals surface area contributed by atoms with Gasteiger partial charge in [0.05, 0.1) is 5.56 Å². The molecule has 3 nitrogen and oxygen atoms in total. The van der Waals surface area contributed by atoms with Crippen molar-refractivity contribution in [3.05, 3.63) is 28.8 Å². The lowest BCUT2D eigenvalue weighted by molar-refractivity contribution is 0.101. The van der Waals surface area contributed by atoms with Gasteiger partial charge in [-0.15, -0.1) is 0 Å². The van der Waals surface area contributed by atoms with Crippen molar-refractivity contribution >= 4 is 17.4 Å². The molecule has 1 aromatic carbocycles. The molecule has 0 aliphatic heterocycles. The van der Waals surface area contributed by atoms with Crippen molar-refractivity contribution in [1.29, 1.82) is 0 Å². The van der Waals surface area contributed by atoms with Crippen molar-refractivity contribution in [3.63, 3.8) is 0 Å². The van der Waals surface area contributed by atoms with Gasteiger partial charge in [0.15, 0.2) is 5.78 Å². The minimum atomic E-state index is -0.0395. The number of likely N-dealkylation sites (N-methyl/N-ethyl adjacent to an activating group) is 1. The number of hydrogen-bond donors (Lipinski definition) is 0. The summed E-state index contributed by atoms with van der Waals surface area (Å²) < 4.78 is 5.54. The van der Waals surface area contributed by atoms with Crippen LogP contribution in [-0.4, -0.2) is 37.9 Å². The van der Waals surface area contributed by atoms with Gasteiger partial charge in [-0.1, -0.05) is 11.6 Å². The summed E-state index contributed by atoms with van der Waals surface area (Å²) in [6, 6.07) is 5.09. The summed E-state index contributed by atoms with van der Waals surface area (Å²) in [6.07, 6.45) is 0. The van der Waals surface area contributed by atoms with E-state index in [1.807, 2.05) is 19.0 Å². The Morgan fingerprint density at radius 3 is 2.69 bits per heavy atom. The third kappa shape index (κ3) is 3.83. The van der Waals surface area contributed by atoms with E-state index in [0.717, 1.165) is 6.54 Å². The van der Waals surface area contributed by atoms with E-state index in [1.165, 1.54) is 6.92 Å². The molecule has 0 saturated carbocycles. The predicted molar refractivity (Wildman–Crippen MR) is 65.5 cm³/mol. The van der Waals surface area contributed by atoms with Crippen LogP contribution in [0.4, 0.5) is 0 Å². The van der Waals surface area contributed by atoms with Crippen molar-refractivity contribution < 1.29 is 9.53 Å². The normalized spacial score (nSPS) is 10.6. The van der Waals surface area contributed by atoms with Gasteiger partial charge in [-0.2, -0.15) is 0 Å². The van der Waals surface area contributed by atoms with Crippen molar-refractivity contribution in [1.82, 2.24) is 4.90 Å². The Bertz CT molecular complexity index is 377. The molecule has 1 rings (SSSR count). The minimum absolute atomic E-state index is 0.0395. The molecule has 0 atom stereocenters. The second-order valence-electron chi connectivity index (χ2n) is 3.85. The highest BCUT2D eigenvalue weighted by Crippen LogP contribution is 2.23. The molecule has 0 aliphatic carbocycles. The van der Waals surface area contributed by atoms with Crippen molar-refractivity contribution in [3.8, 4) is 5.75 Å². The molecule has 4 heteroatoms. The zero-order chi connectivity index (χ0) is 12.1. The van der Waals surface area contributed by atoms with E-state index < -0.39 is 0 Å². The number of ketones is 1. The van der Waals surface area contributed by atoms with E-state index in [-0.39, 0.29) is 5.78 Å². The molecule has 0 N–H and O–H groups in total. The van der Waals surface area contributed by atoms with Gasteiger partial charge >= 0.3 is 0 Å². The number of hydrogen-bond acceptors (Lipinski definition) is 3. The fraction of sp³-hybridized carbons (Fsp3) is 0.417. The Balaban J connectivity index is 2.75. The summed E-state index contributed by atoms with van der Waals surface area (Å²) in [5.74, 6) is 0.557. The highest BCUT2D eigenvalue weighted by molar-refractivity contribution is 6.31. The Hall–Kier alpha value is -1.06. The number of carbonyl (C=O) groups excluding carboxylic acids is 1. The van der Waals surface area contributed by atoms with Crippen LogP contribution in [0.1, 0.15) is 17.3 Å². The first kappa shape index (κ1) is 13.0. The molecular weight excluding hydrogens is 226 g/mol. The smallest absolute Gasteiger partial charge is 0.163 e. The lowest BCUT2D eigenvalue weighted by Crippen LogP contribution is -2.19. The van der Waals surface area contributed by atoms with Crippen LogP contribution in [0.5, 0.6) is 5.75 Å². The fourth-order valence-electron chi connectivity index (χ4n) is 1.24. The van der Waals surface area contributed by atoms with E-state index in [4.69, 9.17) is 16.3 Å². The zero-order valence-electron chi connectivity index (χ0n) is 9.79. The number of carbonyl (C=O) groups is 1. The molecule has 0 unspecified atom stereocenters. The van der Waals surface area contributed by atoms with E-state index in [9.17, 15) is 4.79 Å². The van der Waals surface area contributed by atoms with Gasteiger partial charge in [0.1, 0.15) is 12.4 Å². The second-order valence-corrected chi connectivity index (χ2v) is 4.28. The van der Waals surface area contributed by atoms with Crippen LogP contribution in [0.25, 0.3) is 0 Å². The summed E-state index contributed by atoms with van der Waals surface area (Å²) in [4.78, 5) is 13.4. The van der Waals surface area contributed by atoms with Crippen molar-refractivity contribution in [2.24, 2.45) is 0 Å². The predicted octanol–water partition coefficient (Wildman–Crippen LogP) is 2.48. The molecule has 88 valence electrons. The third-order valence-electron chi connectivity index (χ3n) is 2.12. The number of rotatable bonds is 5. The van der Waals surface area contributed by atoms with E-state index in [1.54, 1.807) is 18.2 Å². The van der Waals surface area contributed by atoms with E-state index in [2.05, 4.69) is 0 Å². The van der Waals surface area contributed by atoms with Crippen LogP contribution in [0.2, 0.25) is 5.02 Å². The lowest BCUT2D eigenvalue weighted by Gasteiger charge is -2.13. The number of ether oxygens (including phenoxy) is 1. The number of benzene rings is 1. The van der Waals surface area contributed by atoms with Gasteiger partial charge in [-0.3, -0.25) is 4.79 Å². The Labute approximate surface area is 101 Å². The summed E-state index contributed by atoms with van der Waals surface area (Å²) in [7, 11) is 3.94. The molecule has 0 aromatic heterocycles. The first-order valence-electron chi connectivity index (χ1n) is 5.08. The average Bonchev–Trinajstić information content (AvgIpc) is 2.19. The summed E-state index contributed by atoms with van der Waals surface area (Å²) in [6.45, 7) is 2.86. The Morgan fingerprint density at radius 2 is 2.12 bits per heavy atom. The maximum Gasteiger partial charge on any atom is 0.163 e. The Kier molecular flexibility index (Phi) is 4.77. The molecule has 0 bridgehead atoms. The van der Waals surface area contributed by atoms with Gasteiger partial charge in [-0.25, -0.2) is 0 Å². The number of halogens is 1. The molecule has 0 aliphatic rings. The van der Waals surface area contributed by atoms with Crippen LogP contribution < -0.4 is 4.74 Å². The average molecular weight is 242 g/mol.